The highest BCUT2D eigenvalue weighted by Crippen LogP contribution is 2.32. The van der Waals surface area contributed by atoms with Gasteiger partial charge < -0.3 is 15.2 Å². The predicted molar refractivity (Wildman–Crippen MR) is 56.9 cm³/mol. The van der Waals surface area contributed by atoms with E-state index in [2.05, 4.69) is 4.74 Å². The van der Waals surface area contributed by atoms with Crippen LogP contribution in [0.3, 0.4) is 0 Å². The predicted octanol–water partition coefficient (Wildman–Crippen LogP) is 3.00. The minimum absolute atomic E-state index is 0.273. The van der Waals surface area contributed by atoms with Gasteiger partial charge in [-0.15, -0.1) is 13.2 Å². The third-order valence-corrected chi connectivity index (χ3v) is 2.28. The highest BCUT2D eigenvalue weighted by atomic mass is 19.4. The zero-order valence-electron chi connectivity index (χ0n) is 9.54. The first-order valence-electron chi connectivity index (χ1n) is 5.06. The number of hydrogen-bond acceptors (Lipinski definition) is 3. The lowest BCUT2D eigenvalue weighted by Gasteiger charge is -2.16. The molecule has 6 heteroatoms. The zero-order valence-corrected chi connectivity index (χ0v) is 9.54. The van der Waals surface area contributed by atoms with Gasteiger partial charge in [-0.25, -0.2) is 0 Å². The summed E-state index contributed by atoms with van der Waals surface area (Å²) in [5.74, 6) is -0.0255. The number of ether oxygens (including phenoxy) is 2. The molecule has 0 bridgehead atoms. The van der Waals surface area contributed by atoms with Crippen LogP contribution in [0.4, 0.5) is 13.2 Å². The van der Waals surface area contributed by atoms with Crippen molar-refractivity contribution in [2.75, 3.05) is 7.11 Å². The molecule has 1 aromatic rings. The number of methoxy groups -OCH3 is 1. The fourth-order valence-electron chi connectivity index (χ4n) is 1.41. The molecule has 0 aliphatic heterocycles. The minimum atomic E-state index is -4.71. The van der Waals surface area contributed by atoms with Gasteiger partial charge in [-0.05, 0) is 12.5 Å². The van der Waals surface area contributed by atoms with Gasteiger partial charge in [0.15, 0.2) is 0 Å². The third-order valence-electron chi connectivity index (χ3n) is 2.28. The van der Waals surface area contributed by atoms with Crippen molar-refractivity contribution in [2.45, 2.75) is 25.7 Å². The average molecular weight is 249 g/mol. The molecule has 96 valence electrons. The van der Waals surface area contributed by atoms with Crippen molar-refractivity contribution in [3.05, 3.63) is 23.8 Å². The van der Waals surface area contributed by atoms with E-state index in [1.54, 1.807) is 0 Å². The third kappa shape index (κ3) is 3.81. The van der Waals surface area contributed by atoms with Gasteiger partial charge in [0.2, 0.25) is 0 Å². The van der Waals surface area contributed by atoms with E-state index in [1.807, 2.05) is 6.92 Å². The summed E-state index contributed by atoms with van der Waals surface area (Å²) in [5.41, 5.74) is 6.46. The molecule has 0 unspecified atom stereocenters. The SMILES string of the molecule is CC[C@@H](N)c1ccc(OC(F)(F)F)cc1OC. The maximum Gasteiger partial charge on any atom is 0.573 e. The smallest absolute Gasteiger partial charge is 0.496 e. The summed E-state index contributed by atoms with van der Waals surface area (Å²) in [4.78, 5) is 0. The summed E-state index contributed by atoms with van der Waals surface area (Å²) in [6.07, 6.45) is -4.05. The number of halogens is 3. The van der Waals surface area contributed by atoms with Crippen LogP contribution in [-0.4, -0.2) is 13.5 Å². The van der Waals surface area contributed by atoms with Crippen LogP contribution in [-0.2, 0) is 0 Å². The quantitative estimate of drug-likeness (QED) is 0.892. The monoisotopic (exact) mass is 249 g/mol. The van der Waals surface area contributed by atoms with Crippen molar-refractivity contribution in [1.82, 2.24) is 0 Å². The van der Waals surface area contributed by atoms with Crippen LogP contribution in [0.15, 0.2) is 18.2 Å². The summed E-state index contributed by atoms with van der Waals surface area (Å²) in [5, 5.41) is 0. The van der Waals surface area contributed by atoms with Crippen LogP contribution in [0.25, 0.3) is 0 Å². The second kappa shape index (κ2) is 5.27. The first kappa shape index (κ1) is 13.6. The van der Waals surface area contributed by atoms with E-state index >= 15 is 0 Å². The molecular weight excluding hydrogens is 235 g/mol. The fourth-order valence-corrected chi connectivity index (χ4v) is 1.41. The molecule has 0 fully saturated rings. The van der Waals surface area contributed by atoms with Gasteiger partial charge in [-0.2, -0.15) is 0 Å². The number of benzene rings is 1. The van der Waals surface area contributed by atoms with Crippen LogP contribution in [0, 0.1) is 0 Å². The molecule has 1 rings (SSSR count). The van der Waals surface area contributed by atoms with Gasteiger partial charge in [-0.1, -0.05) is 13.0 Å². The van der Waals surface area contributed by atoms with Crippen molar-refractivity contribution in [1.29, 1.82) is 0 Å². The molecule has 0 heterocycles. The van der Waals surface area contributed by atoms with E-state index in [1.165, 1.54) is 25.3 Å². The topological polar surface area (TPSA) is 44.5 Å². The normalized spacial score (nSPS) is 13.3. The minimum Gasteiger partial charge on any atom is -0.496 e. The number of nitrogens with two attached hydrogens (primary N) is 1. The van der Waals surface area contributed by atoms with Gasteiger partial charge >= 0.3 is 6.36 Å². The van der Waals surface area contributed by atoms with E-state index in [0.29, 0.717) is 17.7 Å². The Morgan fingerprint density at radius 1 is 1.35 bits per heavy atom. The first-order chi connectivity index (χ1) is 7.87. The Hall–Kier alpha value is -1.43. The first-order valence-corrected chi connectivity index (χ1v) is 5.06. The molecule has 0 amide bonds. The second-order valence-corrected chi connectivity index (χ2v) is 3.47. The van der Waals surface area contributed by atoms with Crippen LogP contribution in [0.2, 0.25) is 0 Å². The highest BCUT2D eigenvalue weighted by Gasteiger charge is 2.31. The molecule has 0 spiro atoms. The maximum absolute atomic E-state index is 12.0. The average Bonchev–Trinajstić information content (AvgIpc) is 2.25. The molecule has 17 heavy (non-hydrogen) atoms. The van der Waals surface area contributed by atoms with E-state index in [4.69, 9.17) is 10.5 Å². The van der Waals surface area contributed by atoms with Crippen molar-refractivity contribution in [3.8, 4) is 11.5 Å². The Morgan fingerprint density at radius 3 is 2.47 bits per heavy atom. The van der Waals surface area contributed by atoms with Crippen molar-refractivity contribution < 1.29 is 22.6 Å². The summed E-state index contributed by atoms with van der Waals surface area (Å²) >= 11 is 0. The highest BCUT2D eigenvalue weighted by molar-refractivity contribution is 5.42. The summed E-state index contributed by atoms with van der Waals surface area (Å²) in [6, 6.07) is 3.61. The number of hydrogen-bond donors (Lipinski definition) is 1. The van der Waals surface area contributed by atoms with Crippen LogP contribution >= 0.6 is 0 Å². The Labute approximate surface area is 97.3 Å². The van der Waals surface area contributed by atoms with Crippen LogP contribution in [0.1, 0.15) is 24.9 Å². The standard InChI is InChI=1S/C11H14F3NO2/c1-3-9(15)8-5-4-7(6-10(8)16-2)17-11(12,13)14/h4-6,9H,3,15H2,1-2H3/t9-/m1/s1. The molecule has 1 atom stereocenters. The Bertz CT molecular complexity index is 379. The summed E-state index contributed by atoms with van der Waals surface area (Å²) in [7, 11) is 1.37. The molecule has 2 N–H and O–H groups in total. The largest absolute Gasteiger partial charge is 0.573 e. The van der Waals surface area contributed by atoms with Crippen molar-refractivity contribution in [3.63, 3.8) is 0 Å². The van der Waals surface area contributed by atoms with Crippen molar-refractivity contribution >= 4 is 0 Å². The van der Waals surface area contributed by atoms with E-state index in [-0.39, 0.29) is 11.8 Å². The van der Waals surface area contributed by atoms with Gasteiger partial charge in [0.25, 0.3) is 0 Å². The zero-order chi connectivity index (χ0) is 13.1. The van der Waals surface area contributed by atoms with Crippen molar-refractivity contribution in [2.24, 2.45) is 5.73 Å². The van der Waals surface area contributed by atoms with Gasteiger partial charge in [0.05, 0.1) is 7.11 Å². The summed E-state index contributed by atoms with van der Waals surface area (Å²) < 4.78 is 44.8. The lowest BCUT2D eigenvalue weighted by Crippen LogP contribution is -2.17. The Morgan fingerprint density at radius 2 is 2.00 bits per heavy atom. The molecular formula is C11H14F3NO2. The number of rotatable bonds is 4. The molecule has 3 nitrogen and oxygen atoms in total. The molecule has 0 saturated heterocycles. The molecule has 1 aromatic carbocycles. The van der Waals surface area contributed by atoms with Gasteiger partial charge in [0.1, 0.15) is 11.5 Å². The van der Waals surface area contributed by atoms with Gasteiger partial charge in [0, 0.05) is 17.7 Å². The molecule has 0 radical (unpaired) electrons. The van der Waals surface area contributed by atoms with Gasteiger partial charge in [-0.3, -0.25) is 0 Å². The van der Waals surface area contributed by atoms with Crippen LogP contribution in [0.5, 0.6) is 11.5 Å². The van der Waals surface area contributed by atoms with Crippen LogP contribution < -0.4 is 15.2 Å². The molecule has 0 aliphatic rings. The molecule has 0 aliphatic carbocycles. The lowest BCUT2D eigenvalue weighted by molar-refractivity contribution is -0.274. The second-order valence-electron chi connectivity index (χ2n) is 3.47. The summed E-state index contributed by atoms with van der Waals surface area (Å²) in [6.45, 7) is 1.88. The molecule has 0 saturated carbocycles. The lowest BCUT2D eigenvalue weighted by atomic mass is 10.0. The maximum atomic E-state index is 12.0. The Balaban J connectivity index is 3.00. The number of alkyl halides is 3. The fraction of sp³-hybridized carbons (Fsp3) is 0.455. The van der Waals surface area contributed by atoms with E-state index < -0.39 is 6.36 Å². The Kier molecular flexibility index (Phi) is 4.22. The van der Waals surface area contributed by atoms with E-state index in [0.717, 1.165) is 0 Å². The molecule has 0 aromatic heterocycles. The van der Waals surface area contributed by atoms with E-state index in [9.17, 15) is 13.2 Å².